The summed E-state index contributed by atoms with van der Waals surface area (Å²) in [4.78, 5) is 33.3. The van der Waals surface area contributed by atoms with E-state index in [4.69, 9.17) is 19.2 Å². The Hall–Kier alpha value is -3.29. The molecule has 1 heterocycles. The maximum absolute atomic E-state index is 14.2. The highest BCUT2D eigenvalue weighted by atomic mass is 16.6. The number of aliphatic imine (C=N–C) groups is 1. The molecule has 0 saturated carbocycles. The van der Waals surface area contributed by atoms with E-state index in [0.29, 0.717) is 24.3 Å². The molecule has 0 radical (unpaired) electrons. The molecule has 8 heteroatoms. The molecule has 1 aromatic rings. The predicted octanol–water partition coefficient (Wildman–Crippen LogP) is 4.84. The number of hydrogen-bond donors (Lipinski definition) is 1. The summed E-state index contributed by atoms with van der Waals surface area (Å²) in [5, 5.41) is 2.75. The summed E-state index contributed by atoms with van der Waals surface area (Å²) >= 11 is 0. The number of nitrogens with zero attached hydrogens (tertiary/aromatic N) is 2. The SMILES string of the molecule is COc1ccc(CN2C(=O)[C@@](CC(C)C)(C3C=CC=CC3)N=C2NC(=O)OC(C)(C)C)c(OC)c1. The van der Waals surface area contributed by atoms with Crippen molar-refractivity contribution in [1.29, 1.82) is 0 Å². The summed E-state index contributed by atoms with van der Waals surface area (Å²) < 4.78 is 16.3. The summed E-state index contributed by atoms with van der Waals surface area (Å²) in [6.45, 7) is 9.68. The number of carbonyl (C=O) groups excluding carboxylic acids is 2. The monoisotopic (exact) mass is 483 g/mol. The largest absolute Gasteiger partial charge is 0.497 e. The smallest absolute Gasteiger partial charge is 0.414 e. The predicted molar refractivity (Wildman–Crippen MR) is 135 cm³/mol. The van der Waals surface area contributed by atoms with Gasteiger partial charge in [-0.1, -0.05) is 38.2 Å². The number of ether oxygens (including phenoxy) is 3. The molecule has 3 rings (SSSR count). The van der Waals surface area contributed by atoms with Crippen molar-refractivity contribution in [2.75, 3.05) is 14.2 Å². The fourth-order valence-electron chi connectivity index (χ4n) is 4.50. The number of carbonyl (C=O) groups is 2. The van der Waals surface area contributed by atoms with Crippen LogP contribution >= 0.6 is 0 Å². The van der Waals surface area contributed by atoms with Crippen molar-refractivity contribution < 1.29 is 23.8 Å². The normalized spacial score (nSPS) is 21.8. The second-order valence-electron chi connectivity index (χ2n) is 10.3. The lowest BCUT2D eigenvalue weighted by Gasteiger charge is -2.34. The number of methoxy groups -OCH3 is 2. The van der Waals surface area contributed by atoms with E-state index < -0.39 is 17.2 Å². The maximum Gasteiger partial charge on any atom is 0.414 e. The minimum absolute atomic E-state index is 0.124. The van der Waals surface area contributed by atoms with Gasteiger partial charge in [-0.05, 0) is 51.7 Å². The van der Waals surface area contributed by atoms with Crippen molar-refractivity contribution in [3.8, 4) is 11.5 Å². The molecule has 0 bridgehead atoms. The van der Waals surface area contributed by atoms with Crippen molar-refractivity contribution in [3.05, 3.63) is 48.1 Å². The summed E-state index contributed by atoms with van der Waals surface area (Å²) in [6, 6.07) is 5.43. The first-order valence-electron chi connectivity index (χ1n) is 11.9. The molecule has 2 amide bonds. The molecule has 1 N–H and O–H groups in total. The van der Waals surface area contributed by atoms with Crippen LogP contribution in [0.4, 0.5) is 4.79 Å². The molecule has 0 saturated heterocycles. The van der Waals surface area contributed by atoms with Crippen LogP contribution in [0, 0.1) is 11.8 Å². The van der Waals surface area contributed by atoms with Crippen molar-refractivity contribution in [2.45, 2.75) is 65.1 Å². The van der Waals surface area contributed by atoms with E-state index in [2.05, 4.69) is 19.2 Å². The molecule has 1 unspecified atom stereocenters. The molecule has 190 valence electrons. The van der Waals surface area contributed by atoms with Gasteiger partial charge in [-0.15, -0.1) is 0 Å². The third-order valence-electron chi connectivity index (χ3n) is 5.93. The molecule has 1 aliphatic carbocycles. The molecule has 2 aliphatic rings. The number of allylic oxidation sites excluding steroid dienone is 3. The summed E-state index contributed by atoms with van der Waals surface area (Å²) in [5.41, 5.74) is -0.956. The highest BCUT2D eigenvalue weighted by Gasteiger charge is 2.53. The van der Waals surface area contributed by atoms with Crippen LogP contribution < -0.4 is 14.8 Å². The Kier molecular flexibility index (Phi) is 7.93. The Bertz CT molecular complexity index is 1040. The average Bonchev–Trinajstić information content (AvgIpc) is 3.04. The molecular weight excluding hydrogens is 446 g/mol. The third-order valence-corrected chi connectivity index (χ3v) is 5.93. The lowest BCUT2D eigenvalue weighted by molar-refractivity contribution is -0.133. The van der Waals surface area contributed by atoms with E-state index in [-0.39, 0.29) is 30.2 Å². The third kappa shape index (κ3) is 6.05. The van der Waals surface area contributed by atoms with Crippen LogP contribution in [0.3, 0.4) is 0 Å². The van der Waals surface area contributed by atoms with E-state index in [1.54, 1.807) is 41.1 Å². The zero-order valence-corrected chi connectivity index (χ0v) is 21.8. The highest BCUT2D eigenvalue weighted by Crippen LogP contribution is 2.41. The van der Waals surface area contributed by atoms with Crippen LogP contribution in [0.25, 0.3) is 0 Å². The number of amides is 2. The number of hydrogen-bond acceptors (Lipinski definition) is 6. The van der Waals surface area contributed by atoms with E-state index in [1.165, 1.54) is 4.90 Å². The van der Waals surface area contributed by atoms with Crippen molar-refractivity contribution >= 4 is 18.0 Å². The zero-order valence-electron chi connectivity index (χ0n) is 21.8. The fourth-order valence-corrected chi connectivity index (χ4v) is 4.50. The average molecular weight is 484 g/mol. The number of rotatable bonds is 7. The number of alkyl carbamates (subject to hydrolysis) is 1. The lowest BCUT2D eigenvalue weighted by atomic mass is 9.75. The van der Waals surface area contributed by atoms with Crippen LogP contribution in [0.15, 0.2) is 47.5 Å². The van der Waals surface area contributed by atoms with Crippen molar-refractivity contribution in [2.24, 2.45) is 16.8 Å². The molecule has 35 heavy (non-hydrogen) atoms. The van der Waals surface area contributed by atoms with E-state index >= 15 is 0 Å². The van der Waals surface area contributed by atoms with Crippen LogP contribution in [0.5, 0.6) is 11.5 Å². The molecule has 0 fully saturated rings. The van der Waals surface area contributed by atoms with Gasteiger partial charge < -0.3 is 14.2 Å². The second kappa shape index (κ2) is 10.5. The minimum atomic E-state index is -1.03. The van der Waals surface area contributed by atoms with Crippen LogP contribution in [0.1, 0.15) is 53.0 Å². The Morgan fingerprint density at radius 2 is 1.97 bits per heavy atom. The lowest BCUT2D eigenvalue weighted by Crippen LogP contribution is -2.50. The molecule has 2 atom stereocenters. The zero-order chi connectivity index (χ0) is 25.8. The number of nitrogens with one attached hydrogen (secondary N) is 1. The van der Waals surface area contributed by atoms with Gasteiger partial charge in [0.15, 0.2) is 5.54 Å². The van der Waals surface area contributed by atoms with Gasteiger partial charge in [-0.2, -0.15) is 0 Å². The first-order valence-corrected chi connectivity index (χ1v) is 11.9. The molecule has 1 aromatic carbocycles. The van der Waals surface area contributed by atoms with Gasteiger partial charge in [0.1, 0.15) is 17.1 Å². The van der Waals surface area contributed by atoms with Crippen molar-refractivity contribution in [1.82, 2.24) is 10.2 Å². The highest BCUT2D eigenvalue weighted by molar-refractivity contribution is 6.11. The van der Waals surface area contributed by atoms with Crippen molar-refractivity contribution in [3.63, 3.8) is 0 Å². The first-order chi connectivity index (χ1) is 16.5. The van der Waals surface area contributed by atoms with Crippen LogP contribution in [0.2, 0.25) is 0 Å². The summed E-state index contributed by atoms with van der Waals surface area (Å²) in [6.07, 6.45) is 8.59. The molecule has 0 spiro atoms. The van der Waals surface area contributed by atoms with Gasteiger partial charge in [-0.3, -0.25) is 15.0 Å². The van der Waals surface area contributed by atoms with Crippen LogP contribution in [-0.4, -0.2) is 48.2 Å². The topological polar surface area (TPSA) is 89.5 Å². The second-order valence-corrected chi connectivity index (χ2v) is 10.3. The molecular formula is C27H37N3O5. The molecule has 0 aromatic heterocycles. The standard InChI is InChI=1S/C27H37N3O5/c1-18(2)16-27(20-11-9-8-10-12-20)23(31)30(24(29-27)28-25(32)35-26(3,4)5)17-19-13-14-21(33-6)15-22(19)34-7/h8-11,13-15,18,20H,12,16-17H2,1-7H3,(H,28,29,32)/t20?,27-/m1/s1. The van der Waals surface area contributed by atoms with E-state index in [9.17, 15) is 9.59 Å². The summed E-state index contributed by atoms with van der Waals surface area (Å²) in [5.74, 6) is 1.34. The summed E-state index contributed by atoms with van der Waals surface area (Å²) in [7, 11) is 3.15. The Labute approximate surface area is 208 Å². The van der Waals surface area contributed by atoms with Gasteiger partial charge in [0.2, 0.25) is 5.96 Å². The van der Waals surface area contributed by atoms with Gasteiger partial charge >= 0.3 is 6.09 Å². The minimum Gasteiger partial charge on any atom is -0.497 e. The number of benzene rings is 1. The van der Waals surface area contributed by atoms with E-state index in [1.807, 2.05) is 36.4 Å². The quantitative estimate of drug-likeness (QED) is 0.599. The van der Waals surface area contributed by atoms with Gasteiger partial charge in [0.25, 0.3) is 5.91 Å². The van der Waals surface area contributed by atoms with Gasteiger partial charge in [0, 0.05) is 17.5 Å². The van der Waals surface area contributed by atoms with Crippen LogP contribution in [-0.2, 0) is 16.1 Å². The van der Waals surface area contributed by atoms with Gasteiger partial charge in [-0.25, -0.2) is 9.79 Å². The Morgan fingerprint density at radius 3 is 2.54 bits per heavy atom. The first kappa shape index (κ1) is 26.3. The number of guanidine groups is 1. The Balaban J connectivity index is 2.04. The maximum atomic E-state index is 14.2. The fraction of sp³-hybridized carbons (Fsp3) is 0.519. The Morgan fingerprint density at radius 1 is 1.23 bits per heavy atom. The van der Waals surface area contributed by atoms with Gasteiger partial charge in [0.05, 0.1) is 20.8 Å². The molecule has 8 nitrogen and oxygen atoms in total. The van der Waals surface area contributed by atoms with E-state index in [0.717, 1.165) is 5.56 Å². The molecule has 1 aliphatic heterocycles.